The number of carbonyl (C=O) groups is 1. The minimum absolute atomic E-state index is 0.0278. The standard InChI is InChI=1S/C16H17ClN4O/c17-13-4-1-2-5-14(13)21-9-6-12(11-21)16(22)20-10-15-18-7-3-8-19-15/h1-5,7-8,12H,6,9-11H2,(H,20,22). The van der Waals surface area contributed by atoms with Gasteiger partial charge >= 0.3 is 0 Å². The SMILES string of the molecule is O=C(NCc1ncccn1)C1CCN(c2ccccc2Cl)C1. The summed E-state index contributed by atoms with van der Waals surface area (Å²) >= 11 is 6.21. The number of hydrogen-bond acceptors (Lipinski definition) is 4. The van der Waals surface area contributed by atoms with Crippen LogP contribution < -0.4 is 10.2 Å². The molecule has 3 rings (SSSR count). The predicted octanol–water partition coefficient (Wildman–Crippen LogP) is 2.27. The maximum absolute atomic E-state index is 12.3. The molecule has 0 saturated carbocycles. The van der Waals surface area contributed by atoms with Gasteiger partial charge in [0.15, 0.2) is 0 Å². The van der Waals surface area contributed by atoms with Crippen molar-refractivity contribution < 1.29 is 4.79 Å². The van der Waals surface area contributed by atoms with Crippen molar-refractivity contribution in [2.24, 2.45) is 5.92 Å². The van der Waals surface area contributed by atoms with Crippen molar-refractivity contribution in [1.82, 2.24) is 15.3 Å². The van der Waals surface area contributed by atoms with Crippen LogP contribution in [0.4, 0.5) is 5.69 Å². The smallest absolute Gasteiger partial charge is 0.225 e. The second kappa shape index (κ2) is 6.75. The first-order chi connectivity index (χ1) is 10.7. The number of anilines is 1. The van der Waals surface area contributed by atoms with Gasteiger partial charge in [0.25, 0.3) is 0 Å². The molecule has 2 heterocycles. The fraction of sp³-hybridized carbons (Fsp3) is 0.312. The van der Waals surface area contributed by atoms with E-state index in [1.165, 1.54) is 0 Å². The molecule has 0 radical (unpaired) electrons. The maximum Gasteiger partial charge on any atom is 0.225 e. The first kappa shape index (κ1) is 14.8. The van der Waals surface area contributed by atoms with Gasteiger partial charge in [-0.05, 0) is 24.6 Å². The third kappa shape index (κ3) is 3.36. The summed E-state index contributed by atoms with van der Waals surface area (Å²) in [4.78, 5) is 22.6. The molecule has 1 fully saturated rings. The highest BCUT2D eigenvalue weighted by molar-refractivity contribution is 6.33. The average Bonchev–Trinajstić information content (AvgIpc) is 3.04. The van der Waals surface area contributed by atoms with E-state index in [1.54, 1.807) is 18.5 Å². The zero-order valence-corrected chi connectivity index (χ0v) is 12.8. The fourth-order valence-corrected chi connectivity index (χ4v) is 2.89. The first-order valence-electron chi connectivity index (χ1n) is 7.27. The molecule has 1 saturated heterocycles. The third-order valence-electron chi connectivity index (χ3n) is 3.79. The van der Waals surface area contributed by atoms with Crippen molar-refractivity contribution in [2.45, 2.75) is 13.0 Å². The van der Waals surface area contributed by atoms with E-state index in [-0.39, 0.29) is 11.8 Å². The van der Waals surface area contributed by atoms with Crippen LogP contribution in [0.25, 0.3) is 0 Å². The lowest BCUT2D eigenvalue weighted by Gasteiger charge is -2.19. The number of carbonyl (C=O) groups excluding carboxylic acids is 1. The lowest BCUT2D eigenvalue weighted by Crippen LogP contribution is -2.32. The number of rotatable bonds is 4. The van der Waals surface area contributed by atoms with Crippen LogP contribution in [-0.4, -0.2) is 29.0 Å². The summed E-state index contributed by atoms with van der Waals surface area (Å²) in [7, 11) is 0. The van der Waals surface area contributed by atoms with Crippen LogP contribution >= 0.6 is 11.6 Å². The summed E-state index contributed by atoms with van der Waals surface area (Å²) < 4.78 is 0. The van der Waals surface area contributed by atoms with Gasteiger partial charge in [-0.2, -0.15) is 0 Å². The number of hydrogen-bond donors (Lipinski definition) is 1. The van der Waals surface area contributed by atoms with Crippen molar-refractivity contribution in [3.8, 4) is 0 Å². The van der Waals surface area contributed by atoms with Gasteiger partial charge in [0.2, 0.25) is 5.91 Å². The molecule has 0 aliphatic carbocycles. The summed E-state index contributed by atoms with van der Waals surface area (Å²) in [6.07, 6.45) is 4.17. The Morgan fingerprint density at radius 2 is 2.05 bits per heavy atom. The van der Waals surface area contributed by atoms with E-state index in [9.17, 15) is 4.79 Å². The van der Waals surface area contributed by atoms with Gasteiger partial charge in [0.1, 0.15) is 5.82 Å². The van der Waals surface area contributed by atoms with Crippen LogP contribution in [0.15, 0.2) is 42.7 Å². The quantitative estimate of drug-likeness (QED) is 0.940. The van der Waals surface area contributed by atoms with Crippen LogP contribution in [0.3, 0.4) is 0 Å². The lowest BCUT2D eigenvalue weighted by atomic mass is 10.1. The Balaban J connectivity index is 1.56. The van der Waals surface area contributed by atoms with Crippen LogP contribution in [0.5, 0.6) is 0 Å². The minimum Gasteiger partial charge on any atom is -0.370 e. The zero-order valence-electron chi connectivity index (χ0n) is 12.1. The molecule has 1 aliphatic rings. The number of aromatic nitrogens is 2. The summed E-state index contributed by atoms with van der Waals surface area (Å²) in [6.45, 7) is 1.89. The number of nitrogens with one attached hydrogen (secondary N) is 1. The molecule has 6 heteroatoms. The molecule has 1 amide bonds. The molecule has 1 unspecified atom stereocenters. The molecule has 0 spiro atoms. The average molecular weight is 317 g/mol. The Morgan fingerprint density at radius 3 is 2.82 bits per heavy atom. The number of benzene rings is 1. The Hall–Kier alpha value is -2.14. The molecule has 1 atom stereocenters. The molecule has 22 heavy (non-hydrogen) atoms. The first-order valence-corrected chi connectivity index (χ1v) is 7.65. The topological polar surface area (TPSA) is 58.1 Å². The van der Waals surface area contributed by atoms with Crippen molar-refractivity contribution in [3.63, 3.8) is 0 Å². The number of amides is 1. The van der Waals surface area contributed by atoms with E-state index in [4.69, 9.17) is 11.6 Å². The van der Waals surface area contributed by atoms with Gasteiger partial charge in [-0.1, -0.05) is 23.7 Å². The molecular formula is C16H17ClN4O. The van der Waals surface area contributed by atoms with E-state index >= 15 is 0 Å². The Kier molecular flexibility index (Phi) is 4.53. The molecule has 2 aromatic rings. The van der Waals surface area contributed by atoms with Gasteiger partial charge in [-0.15, -0.1) is 0 Å². The molecule has 1 N–H and O–H groups in total. The number of halogens is 1. The van der Waals surface area contributed by atoms with Gasteiger partial charge in [-0.3, -0.25) is 4.79 Å². The van der Waals surface area contributed by atoms with Crippen molar-refractivity contribution >= 4 is 23.2 Å². The third-order valence-corrected chi connectivity index (χ3v) is 4.11. The highest BCUT2D eigenvalue weighted by atomic mass is 35.5. The Morgan fingerprint density at radius 1 is 1.27 bits per heavy atom. The largest absolute Gasteiger partial charge is 0.370 e. The lowest BCUT2D eigenvalue weighted by molar-refractivity contribution is -0.124. The van der Waals surface area contributed by atoms with Crippen molar-refractivity contribution in [1.29, 1.82) is 0 Å². The van der Waals surface area contributed by atoms with Gasteiger partial charge in [0.05, 0.1) is 23.2 Å². The Bertz CT molecular complexity index is 650. The van der Waals surface area contributed by atoms with Crippen molar-refractivity contribution in [3.05, 3.63) is 53.6 Å². The molecule has 5 nitrogen and oxygen atoms in total. The summed E-state index contributed by atoms with van der Waals surface area (Å²) in [5.74, 6) is 0.638. The monoisotopic (exact) mass is 316 g/mol. The van der Waals surface area contributed by atoms with Crippen LogP contribution in [0.1, 0.15) is 12.2 Å². The van der Waals surface area contributed by atoms with Gasteiger partial charge < -0.3 is 10.2 Å². The summed E-state index contributed by atoms with van der Waals surface area (Å²) in [5.41, 5.74) is 0.992. The number of nitrogens with zero attached hydrogens (tertiary/aromatic N) is 3. The van der Waals surface area contributed by atoms with E-state index < -0.39 is 0 Å². The van der Waals surface area contributed by atoms with Crippen LogP contribution in [0, 0.1) is 5.92 Å². The predicted molar refractivity (Wildman–Crippen MR) is 85.7 cm³/mol. The normalized spacial score (nSPS) is 17.5. The highest BCUT2D eigenvalue weighted by Gasteiger charge is 2.29. The molecule has 1 aliphatic heterocycles. The fourth-order valence-electron chi connectivity index (χ4n) is 2.63. The molecular weight excluding hydrogens is 300 g/mol. The van der Waals surface area contributed by atoms with E-state index in [0.29, 0.717) is 18.9 Å². The van der Waals surface area contributed by atoms with Crippen LogP contribution in [0.2, 0.25) is 5.02 Å². The maximum atomic E-state index is 12.3. The second-order valence-electron chi connectivity index (χ2n) is 5.27. The number of para-hydroxylation sites is 1. The minimum atomic E-state index is -0.0278. The molecule has 1 aromatic heterocycles. The zero-order chi connectivity index (χ0) is 15.4. The second-order valence-corrected chi connectivity index (χ2v) is 5.67. The Labute approximate surface area is 134 Å². The highest BCUT2D eigenvalue weighted by Crippen LogP contribution is 2.30. The van der Waals surface area contributed by atoms with E-state index in [1.807, 2.05) is 24.3 Å². The molecule has 114 valence electrons. The van der Waals surface area contributed by atoms with E-state index in [2.05, 4.69) is 20.2 Å². The molecule has 1 aromatic carbocycles. The summed E-state index contributed by atoms with van der Waals surface area (Å²) in [5, 5.41) is 3.63. The van der Waals surface area contributed by atoms with Gasteiger partial charge in [-0.25, -0.2) is 9.97 Å². The van der Waals surface area contributed by atoms with Gasteiger partial charge in [0, 0.05) is 25.5 Å². The van der Waals surface area contributed by atoms with E-state index in [0.717, 1.165) is 23.7 Å². The molecule has 0 bridgehead atoms. The van der Waals surface area contributed by atoms with Crippen molar-refractivity contribution in [2.75, 3.05) is 18.0 Å². The van der Waals surface area contributed by atoms with Crippen LogP contribution in [-0.2, 0) is 11.3 Å². The summed E-state index contributed by atoms with van der Waals surface area (Å²) in [6, 6.07) is 9.48.